The molecule has 5 heteroatoms. The highest BCUT2D eigenvalue weighted by molar-refractivity contribution is 8.13. The Bertz CT molecular complexity index is 365. The van der Waals surface area contributed by atoms with Crippen molar-refractivity contribution in [2.24, 2.45) is 10.4 Å². The van der Waals surface area contributed by atoms with Gasteiger partial charge in [-0.15, -0.1) is 0 Å². The first-order valence-electron chi connectivity index (χ1n) is 7.97. The molecule has 3 rings (SSSR count). The van der Waals surface area contributed by atoms with Crippen molar-refractivity contribution in [2.45, 2.75) is 31.7 Å². The third-order valence-electron chi connectivity index (χ3n) is 5.21. The van der Waals surface area contributed by atoms with Gasteiger partial charge in [-0.3, -0.25) is 9.89 Å². The van der Waals surface area contributed by atoms with E-state index >= 15 is 0 Å². The minimum Gasteiger partial charge on any atom is -0.363 e. The Morgan fingerprint density at radius 3 is 2.80 bits per heavy atom. The average molecular weight is 296 g/mol. The predicted molar refractivity (Wildman–Crippen MR) is 87.6 cm³/mol. The summed E-state index contributed by atoms with van der Waals surface area (Å²) in [7, 11) is 4.46. The summed E-state index contributed by atoms with van der Waals surface area (Å²) >= 11 is 1.96. The van der Waals surface area contributed by atoms with Gasteiger partial charge in [-0.2, -0.15) is 0 Å². The maximum absolute atomic E-state index is 4.83. The van der Waals surface area contributed by atoms with Crippen molar-refractivity contribution in [3.8, 4) is 0 Å². The first-order chi connectivity index (χ1) is 9.67. The lowest BCUT2D eigenvalue weighted by Crippen LogP contribution is -2.54. The normalized spacial score (nSPS) is 31.5. The largest absolute Gasteiger partial charge is 0.363 e. The lowest BCUT2D eigenvalue weighted by atomic mass is 9.89. The molecule has 1 saturated heterocycles. The molecule has 20 heavy (non-hydrogen) atoms. The highest BCUT2D eigenvalue weighted by atomic mass is 32.2. The fourth-order valence-corrected chi connectivity index (χ4v) is 4.78. The Morgan fingerprint density at radius 2 is 2.10 bits per heavy atom. The van der Waals surface area contributed by atoms with Crippen molar-refractivity contribution in [3.05, 3.63) is 0 Å². The molecule has 4 nitrogen and oxygen atoms in total. The van der Waals surface area contributed by atoms with Gasteiger partial charge in [0.1, 0.15) is 0 Å². The summed E-state index contributed by atoms with van der Waals surface area (Å²) in [5.74, 6) is 1.28. The smallest absolute Gasteiger partial charge is 0.156 e. The van der Waals surface area contributed by atoms with Gasteiger partial charge in [0, 0.05) is 44.5 Å². The van der Waals surface area contributed by atoms with Gasteiger partial charge in [-0.05, 0) is 32.4 Å². The van der Waals surface area contributed by atoms with Gasteiger partial charge >= 0.3 is 0 Å². The first-order valence-corrected chi connectivity index (χ1v) is 8.95. The van der Waals surface area contributed by atoms with Crippen LogP contribution >= 0.6 is 11.8 Å². The minimum atomic E-state index is 0.553. The molecule has 0 amide bonds. The van der Waals surface area contributed by atoms with E-state index < -0.39 is 0 Å². The number of nitrogens with one attached hydrogen (secondary N) is 1. The van der Waals surface area contributed by atoms with Crippen LogP contribution in [0.2, 0.25) is 0 Å². The second-order valence-corrected chi connectivity index (χ2v) is 7.86. The minimum absolute atomic E-state index is 0.553. The summed E-state index contributed by atoms with van der Waals surface area (Å²) in [6.07, 6.45) is 5.62. The molecule has 2 aliphatic heterocycles. The van der Waals surface area contributed by atoms with Gasteiger partial charge in [0.2, 0.25) is 0 Å². The van der Waals surface area contributed by atoms with Crippen LogP contribution in [0.25, 0.3) is 0 Å². The topological polar surface area (TPSA) is 30.9 Å². The van der Waals surface area contributed by atoms with Gasteiger partial charge in [0.25, 0.3) is 0 Å². The third-order valence-corrected chi connectivity index (χ3v) is 6.51. The molecule has 0 bridgehead atoms. The van der Waals surface area contributed by atoms with Crippen molar-refractivity contribution < 1.29 is 0 Å². The van der Waals surface area contributed by atoms with Crippen molar-refractivity contribution in [2.75, 3.05) is 52.6 Å². The quantitative estimate of drug-likeness (QED) is 0.836. The highest BCUT2D eigenvalue weighted by Gasteiger charge is 2.36. The maximum atomic E-state index is 4.83. The molecular weight excluding hydrogens is 268 g/mol. The molecule has 1 unspecified atom stereocenters. The van der Waals surface area contributed by atoms with E-state index in [1.165, 1.54) is 49.7 Å². The van der Waals surface area contributed by atoms with Crippen LogP contribution in [0.1, 0.15) is 25.7 Å². The van der Waals surface area contributed by atoms with Gasteiger partial charge in [0.05, 0.1) is 0 Å². The summed E-state index contributed by atoms with van der Waals surface area (Å²) in [6.45, 7) is 5.60. The molecule has 3 aliphatic rings. The number of piperazine rings is 1. The zero-order valence-electron chi connectivity index (χ0n) is 12.9. The highest BCUT2D eigenvalue weighted by Crippen LogP contribution is 2.43. The predicted octanol–water partition coefficient (Wildman–Crippen LogP) is 1.48. The van der Waals surface area contributed by atoms with Crippen molar-refractivity contribution in [1.82, 2.24) is 15.1 Å². The molecule has 1 N–H and O–H groups in total. The van der Waals surface area contributed by atoms with Gasteiger partial charge in [-0.1, -0.05) is 24.6 Å². The molecule has 1 aliphatic carbocycles. The second kappa shape index (κ2) is 6.24. The van der Waals surface area contributed by atoms with E-state index in [1.807, 2.05) is 11.8 Å². The van der Waals surface area contributed by atoms with Crippen LogP contribution in [0, 0.1) is 5.41 Å². The number of nitrogens with zero attached hydrogens (tertiary/aromatic N) is 3. The van der Waals surface area contributed by atoms with Crippen molar-refractivity contribution in [1.29, 1.82) is 0 Å². The summed E-state index contributed by atoms with van der Waals surface area (Å²) < 4.78 is 0. The average Bonchev–Trinajstić information content (AvgIpc) is 2.90. The molecule has 1 atom stereocenters. The molecule has 2 fully saturated rings. The Hall–Kier alpha value is -0.260. The molecule has 0 radical (unpaired) electrons. The lowest BCUT2D eigenvalue weighted by molar-refractivity contribution is 0.116. The Labute approximate surface area is 127 Å². The van der Waals surface area contributed by atoms with Crippen LogP contribution < -0.4 is 5.32 Å². The zero-order chi connectivity index (χ0) is 14.0. The number of thioether (sulfide) groups is 1. The van der Waals surface area contributed by atoms with Crippen molar-refractivity contribution >= 4 is 16.9 Å². The lowest BCUT2D eigenvalue weighted by Gasteiger charge is -2.38. The number of hydrogen-bond acceptors (Lipinski definition) is 5. The summed E-state index contributed by atoms with van der Waals surface area (Å²) in [5, 5.41) is 4.78. The van der Waals surface area contributed by atoms with Crippen LogP contribution in [-0.2, 0) is 0 Å². The van der Waals surface area contributed by atoms with E-state index in [1.54, 1.807) is 0 Å². The molecule has 1 spiro atoms. The third kappa shape index (κ3) is 3.31. The van der Waals surface area contributed by atoms with Gasteiger partial charge in [-0.25, -0.2) is 0 Å². The fraction of sp³-hybridized carbons (Fsp3) is 0.933. The Morgan fingerprint density at radius 1 is 1.30 bits per heavy atom. The Kier molecular flexibility index (Phi) is 4.58. The summed E-state index contributed by atoms with van der Waals surface area (Å²) in [4.78, 5) is 9.73. The standard InChI is InChI=1S/C15H28N4S/c1-18-7-8-19(2)13(10-18)9-16-14-17-11-15(12-20-14)5-3-4-6-15/h13H,3-12H2,1-2H3,(H,16,17). The molecule has 114 valence electrons. The molecule has 0 aromatic rings. The van der Waals surface area contributed by atoms with Crippen molar-refractivity contribution in [3.63, 3.8) is 0 Å². The number of amidine groups is 1. The molecule has 0 aromatic carbocycles. The van der Waals surface area contributed by atoms with Crippen LogP contribution in [0.15, 0.2) is 4.99 Å². The molecule has 2 heterocycles. The van der Waals surface area contributed by atoms with E-state index in [0.717, 1.165) is 19.6 Å². The first kappa shape index (κ1) is 14.7. The van der Waals surface area contributed by atoms with Crippen LogP contribution in [0.5, 0.6) is 0 Å². The Balaban J connectivity index is 1.48. The SMILES string of the molecule is CN1CCN(C)C(CNC2=NCC3(CCCC3)CS2)C1. The molecular formula is C15H28N4S. The summed E-state index contributed by atoms with van der Waals surface area (Å²) in [5.41, 5.74) is 0.553. The number of hydrogen-bond donors (Lipinski definition) is 1. The van der Waals surface area contributed by atoms with Gasteiger partial charge < -0.3 is 10.2 Å². The van der Waals surface area contributed by atoms with Crippen LogP contribution in [-0.4, -0.2) is 73.6 Å². The van der Waals surface area contributed by atoms with Crippen LogP contribution in [0.4, 0.5) is 0 Å². The van der Waals surface area contributed by atoms with E-state index in [2.05, 4.69) is 29.2 Å². The number of likely N-dealkylation sites (N-methyl/N-ethyl adjacent to an activating group) is 2. The fourth-order valence-electron chi connectivity index (χ4n) is 3.61. The number of aliphatic imine (C=N–C) groups is 1. The van der Waals surface area contributed by atoms with Crippen LogP contribution in [0.3, 0.4) is 0 Å². The molecule has 1 saturated carbocycles. The number of rotatable bonds is 2. The zero-order valence-corrected chi connectivity index (χ0v) is 13.7. The summed E-state index contributed by atoms with van der Waals surface area (Å²) in [6, 6.07) is 0.611. The van der Waals surface area contributed by atoms with Gasteiger partial charge in [0.15, 0.2) is 5.17 Å². The van der Waals surface area contributed by atoms with E-state index in [9.17, 15) is 0 Å². The molecule has 0 aromatic heterocycles. The maximum Gasteiger partial charge on any atom is 0.156 e. The monoisotopic (exact) mass is 296 g/mol. The van der Waals surface area contributed by atoms with E-state index in [-0.39, 0.29) is 0 Å². The van der Waals surface area contributed by atoms with E-state index in [4.69, 9.17) is 4.99 Å². The van der Waals surface area contributed by atoms with E-state index in [0.29, 0.717) is 11.5 Å². The second-order valence-electron chi connectivity index (χ2n) is 6.89.